The number of benzene rings is 1. The Morgan fingerprint density at radius 3 is 2.79 bits per heavy atom. The van der Waals surface area contributed by atoms with E-state index in [1.165, 1.54) is 0 Å². The van der Waals surface area contributed by atoms with Crippen molar-refractivity contribution >= 4 is 17.7 Å². The van der Waals surface area contributed by atoms with Gasteiger partial charge in [0.05, 0.1) is 5.25 Å². The second kappa shape index (κ2) is 5.33. The molecular weight excluding hydrogens is 262 g/mol. The minimum atomic E-state index is -0.0943. The van der Waals surface area contributed by atoms with E-state index in [0.717, 1.165) is 29.2 Å². The molecule has 0 bridgehead atoms. The molecule has 1 aromatic carbocycles. The molecule has 2 aliphatic rings. The van der Waals surface area contributed by atoms with Gasteiger partial charge in [-0.15, -0.1) is 11.8 Å². The van der Waals surface area contributed by atoms with Crippen LogP contribution in [0.25, 0.3) is 0 Å². The van der Waals surface area contributed by atoms with E-state index in [-0.39, 0.29) is 11.2 Å². The van der Waals surface area contributed by atoms with Crippen LogP contribution < -0.4 is 14.8 Å². The molecule has 1 aliphatic heterocycles. The molecule has 5 heteroatoms. The number of amides is 1. The van der Waals surface area contributed by atoms with E-state index in [1.54, 1.807) is 11.8 Å². The van der Waals surface area contributed by atoms with Crippen molar-refractivity contribution in [2.75, 3.05) is 13.2 Å². The quantitative estimate of drug-likeness (QED) is 0.859. The van der Waals surface area contributed by atoms with Crippen LogP contribution in [0.2, 0.25) is 0 Å². The first-order valence-electron chi connectivity index (χ1n) is 6.59. The molecule has 1 aromatic rings. The minimum Gasteiger partial charge on any atom is -0.486 e. The molecular formula is C14H17NO3S. The van der Waals surface area contributed by atoms with E-state index in [2.05, 4.69) is 5.32 Å². The molecule has 1 atom stereocenters. The van der Waals surface area contributed by atoms with E-state index in [1.807, 2.05) is 25.1 Å². The third-order valence-corrected chi connectivity index (χ3v) is 4.21. The Morgan fingerprint density at radius 2 is 2.05 bits per heavy atom. The van der Waals surface area contributed by atoms with Crippen LogP contribution in [0.15, 0.2) is 23.1 Å². The minimum absolute atomic E-state index is 0.0943. The normalized spacial score (nSPS) is 18.8. The van der Waals surface area contributed by atoms with Gasteiger partial charge in [-0.05, 0) is 38.0 Å². The maximum absolute atomic E-state index is 11.9. The van der Waals surface area contributed by atoms with E-state index in [9.17, 15) is 4.79 Å². The van der Waals surface area contributed by atoms with Gasteiger partial charge in [0.2, 0.25) is 5.91 Å². The summed E-state index contributed by atoms with van der Waals surface area (Å²) in [4.78, 5) is 12.9. The SMILES string of the molecule is C[C@H](Sc1ccc2c(c1)OCCO2)C(=O)NC1CC1. The lowest BCUT2D eigenvalue weighted by Gasteiger charge is -2.19. The molecule has 0 aromatic heterocycles. The zero-order valence-corrected chi connectivity index (χ0v) is 11.7. The van der Waals surface area contributed by atoms with Crippen molar-refractivity contribution in [1.29, 1.82) is 0 Å². The summed E-state index contributed by atoms with van der Waals surface area (Å²) in [6, 6.07) is 6.23. The molecule has 19 heavy (non-hydrogen) atoms. The Balaban J connectivity index is 1.63. The number of fused-ring (bicyclic) bond motifs is 1. The third kappa shape index (κ3) is 3.15. The van der Waals surface area contributed by atoms with Gasteiger partial charge in [-0.3, -0.25) is 4.79 Å². The molecule has 4 nitrogen and oxygen atoms in total. The first-order chi connectivity index (χ1) is 9.22. The molecule has 1 fully saturated rings. The summed E-state index contributed by atoms with van der Waals surface area (Å²) in [7, 11) is 0. The first-order valence-corrected chi connectivity index (χ1v) is 7.47. The summed E-state index contributed by atoms with van der Waals surface area (Å²) >= 11 is 1.55. The van der Waals surface area contributed by atoms with Crippen molar-refractivity contribution in [3.05, 3.63) is 18.2 Å². The molecule has 1 N–H and O–H groups in total. The zero-order chi connectivity index (χ0) is 13.2. The van der Waals surface area contributed by atoms with Crippen molar-refractivity contribution in [2.24, 2.45) is 0 Å². The van der Waals surface area contributed by atoms with Gasteiger partial charge in [-0.1, -0.05) is 0 Å². The number of hydrogen-bond donors (Lipinski definition) is 1. The lowest BCUT2D eigenvalue weighted by atomic mass is 10.3. The van der Waals surface area contributed by atoms with Crippen LogP contribution in [0.4, 0.5) is 0 Å². The highest BCUT2D eigenvalue weighted by Gasteiger charge is 2.26. The summed E-state index contributed by atoms with van der Waals surface area (Å²) in [5.41, 5.74) is 0. The smallest absolute Gasteiger partial charge is 0.233 e. The Morgan fingerprint density at radius 1 is 1.32 bits per heavy atom. The molecule has 0 unspecified atom stereocenters. The van der Waals surface area contributed by atoms with Crippen LogP contribution in [-0.4, -0.2) is 30.4 Å². The number of carbonyl (C=O) groups is 1. The lowest BCUT2D eigenvalue weighted by molar-refractivity contribution is -0.120. The summed E-state index contributed by atoms with van der Waals surface area (Å²) in [5, 5.41) is 2.93. The van der Waals surface area contributed by atoms with Gasteiger partial charge in [-0.2, -0.15) is 0 Å². The highest BCUT2D eigenvalue weighted by Crippen LogP contribution is 2.35. The maximum Gasteiger partial charge on any atom is 0.233 e. The Hall–Kier alpha value is -1.36. The van der Waals surface area contributed by atoms with Crippen LogP contribution in [0.5, 0.6) is 11.5 Å². The average Bonchev–Trinajstić information content (AvgIpc) is 3.22. The number of carbonyl (C=O) groups excluding carboxylic acids is 1. The van der Waals surface area contributed by atoms with E-state index in [4.69, 9.17) is 9.47 Å². The van der Waals surface area contributed by atoms with Gasteiger partial charge < -0.3 is 14.8 Å². The number of rotatable bonds is 4. The van der Waals surface area contributed by atoms with E-state index < -0.39 is 0 Å². The predicted octanol–water partition coefficient (Wildman–Crippen LogP) is 2.22. The van der Waals surface area contributed by atoms with Gasteiger partial charge in [0.1, 0.15) is 13.2 Å². The number of ether oxygens (including phenoxy) is 2. The number of nitrogens with one attached hydrogen (secondary N) is 1. The number of hydrogen-bond acceptors (Lipinski definition) is 4. The van der Waals surface area contributed by atoms with Crippen molar-refractivity contribution in [2.45, 2.75) is 36.0 Å². The number of thioether (sulfide) groups is 1. The van der Waals surface area contributed by atoms with Gasteiger partial charge >= 0.3 is 0 Å². The average molecular weight is 279 g/mol. The van der Waals surface area contributed by atoms with Crippen LogP contribution >= 0.6 is 11.8 Å². The second-order valence-electron chi connectivity index (χ2n) is 4.85. The summed E-state index contributed by atoms with van der Waals surface area (Å²) in [6.45, 7) is 3.11. The molecule has 1 heterocycles. The van der Waals surface area contributed by atoms with Crippen LogP contribution in [-0.2, 0) is 4.79 Å². The van der Waals surface area contributed by atoms with E-state index >= 15 is 0 Å². The fourth-order valence-corrected chi connectivity index (χ4v) is 2.81. The van der Waals surface area contributed by atoms with Gasteiger partial charge in [0, 0.05) is 10.9 Å². The molecule has 102 valence electrons. The van der Waals surface area contributed by atoms with Crippen LogP contribution in [0.3, 0.4) is 0 Å². The topological polar surface area (TPSA) is 47.6 Å². The van der Waals surface area contributed by atoms with Gasteiger partial charge in [0.15, 0.2) is 11.5 Å². The first kappa shape index (κ1) is 12.7. The van der Waals surface area contributed by atoms with Crippen LogP contribution in [0.1, 0.15) is 19.8 Å². The largest absolute Gasteiger partial charge is 0.486 e. The predicted molar refractivity (Wildman–Crippen MR) is 73.9 cm³/mol. The summed E-state index contributed by atoms with van der Waals surface area (Å²) in [5.74, 6) is 1.67. The summed E-state index contributed by atoms with van der Waals surface area (Å²) in [6.07, 6.45) is 2.24. The maximum atomic E-state index is 11.9. The standard InChI is InChI=1S/C14H17NO3S/c1-9(14(16)15-10-2-3-10)19-11-4-5-12-13(8-11)18-7-6-17-12/h4-5,8-10H,2-3,6-7H2,1H3,(H,15,16)/t9-/m0/s1. The van der Waals surface area contributed by atoms with Crippen molar-refractivity contribution in [3.8, 4) is 11.5 Å². The fraction of sp³-hybridized carbons (Fsp3) is 0.500. The fourth-order valence-electron chi connectivity index (χ4n) is 1.90. The van der Waals surface area contributed by atoms with Crippen molar-refractivity contribution in [1.82, 2.24) is 5.32 Å². The van der Waals surface area contributed by atoms with E-state index in [0.29, 0.717) is 19.3 Å². The molecule has 1 amide bonds. The Kier molecular flexibility index (Phi) is 3.55. The molecule has 0 saturated heterocycles. The molecule has 1 aliphatic carbocycles. The Labute approximate surface area is 116 Å². The lowest BCUT2D eigenvalue weighted by Crippen LogP contribution is -2.32. The molecule has 0 spiro atoms. The highest BCUT2D eigenvalue weighted by molar-refractivity contribution is 8.00. The molecule has 3 rings (SSSR count). The van der Waals surface area contributed by atoms with Crippen molar-refractivity contribution < 1.29 is 14.3 Å². The summed E-state index contributed by atoms with van der Waals surface area (Å²) < 4.78 is 11.0. The molecule has 0 radical (unpaired) electrons. The van der Waals surface area contributed by atoms with Gasteiger partial charge in [0.25, 0.3) is 0 Å². The monoisotopic (exact) mass is 279 g/mol. The Bertz CT molecular complexity index is 488. The molecule has 1 saturated carbocycles. The second-order valence-corrected chi connectivity index (χ2v) is 6.26. The van der Waals surface area contributed by atoms with Crippen LogP contribution in [0, 0.1) is 0 Å². The van der Waals surface area contributed by atoms with Gasteiger partial charge in [-0.25, -0.2) is 0 Å². The third-order valence-electron chi connectivity index (χ3n) is 3.12. The highest BCUT2D eigenvalue weighted by atomic mass is 32.2. The zero-order valence-electron chi connectivity index (χ0n) is 10.8. The van der Waals surface area contributed by atoms with Crippen molar-refractivity contribution in [3.63, 3.8) is 0 Å².